The van der Waals surface area contributed by atoms with Crippen molar-refractivity contribution in [2.45, 2.75) is 13.5 Å². The van der Waals surface area contributed by atoms with Gasteiger partial charge in [0.05, 0.1) is 12.4 Å². The highest BCUT2D eigenvalue weighted by atomic mass is 19.1. The summed E-state index contributed by atoms with van der Waals surface area (Å²) >= 11 is 0. The SMILES string of the molecule is Cc1ccccc1CNc1cnc(C(=O)Nc2cccc(F)c2)cn1. The van der Waals surface area contributed by atoms with E-state index >= 15 is 0 Å². The monoisotopic (exact) mass is 336 g/mol. The molecule has 0 unspecified atom stereocenters. The third-order valence-electron chi connectivity index (χ3n) is 3.69. The van der Waals surface area contributed by atoms with E-state index < -0.39 is 11.7 Å². The summed E-state index contributed by atoms with van der Waals surface area (Å²) in [7, 11) is 0. The second-order valence-corrected chi connectivity index (χ2v) is 5.53. The van der Waals surface area contributed by atoms with Gasteiger partial charge in [0.15, 0.2) is 0 Å². The normalized spacial score (nSPS) is 10.3. The van der Waals surface area contributed by atoms with Crippen molar-refractivity contribution in [1.29, 1.82) is 0 Å². The van der Waals surface area contributed by atoms with Gasteiger partial charge in [0, 0.05) is 12.2 Å². The van der Waals surface area contributed by atoms with Crippen LogP contribution in [0.4, 0.5) is 15.9 Å². The first-order valence-electron chi connectivity index (χ1n) is 7.79. The number of amides is 1. The van der Waals surface area contributed by atoms with Crippen LogP contribution in [0.2, 0.25) is 0 Å². The zero-order valence-electron chi connectivity index (χ0n) is 13.7. The first-order chi connectivity index (χ1) is 12.1. The number of hydrogen-bond acceptors (Lipinski definition) is 4. The maximum absolute atomic E-state index is 13.1. The van der Waals surface area contributed by atoms with Gasteiger partial charge >= 0.3 is 0 Å². The highest BCUT2D eigenvalue weighted by Crippen LogP contribution is 2.12. The molecule has 0 saturated heterocycles. The number of nitrogens with zero attached hydrogens (tertiary/aromatic N) is 2. The van der Waals surface area contributed by atoms with Crippen molar-refractivity contribution in [2.24, 2.45) is 0 Å². The standard InChI is InChI=1S/C19H17FN4O/c1-13-5-2-3-6-14(13)10-22-18-12-21-17(11-23-18)19(25)24-16-8-4-7-15(20)9-16/h2-9,11-12H,10H2,1H3,(H,22,23)(H,24,25). The maximum atomic E-state index is 13.1. The Balaban J connectivity index is 1.61. The zero-order chi connectivity index (χ0) is 17.6. The number of carbonyl (C=O) groups excluding carboxylic acids is 1. The van der Waals surface area contributed by atoms with Crippen LogP contribution in [0.3, 0.4) is 0 Å². The lowest BCUT2D eigenvalue weighted by Crippen LogP contribution is -2.14. The third kappa shape index (κ3) is 4.38. The molecular weight excluding hydrogens is 319 g/mol. The Hall–Kier alpha value is -3.28. The van der Waals surface area contributed by atoms with Gasteiger partial charge in [-0.1, -0.05) is 30.3 Å². The molecular formula is C19H17FN4O. The molecule has 0 radical (unpaired) electrons. The molecule has 0 atom stereocenters. The highest BCUT2D eigenvalue weighted by molar-refractivity contribution is 6.02. The van der Waals surface area contributed by atoms with Crippen molar-refractivity contribution in [3.05, 3.63) is 83.6 Å². The summed E-state index contributed by atoms with van der Waals surface area (Å²) in [4.78, 5) is 20.4. The van der Waals surface area contributed by atoms with Crippen LogP contribution in [0.25, 0.3) is 0 Å². The van der Waals surface area contributed by atoms with Crippen molar-refractivity contribution in [1.82, 2.24) is 9.97 Å². The fourth-order valence-corrected chi connectivity index (χ4v) is 2.29. The molecule has 2 aromatic carbocycles. The smallest absolute Gasteiger partial charge is 0.275 e. The predicted molar refractivity (Wildman–Crippen MR) is 94.9 cm³/mol. The second-order valence-electron chi connectivity index (χ2n) is 5.53. The van der Waals surface area contributed by atoms with E-state index in [2.05, 4.69) is 20.6 Å². The van der Waals surface area contributed by atoms with E-state index in [0.717, 1.165) is 5.56 Å². The largest absolute Gasteiger partial charge is 0.365 e. The molecule has 0 aliphatic heterocycles. The summed E-state index contributed by atoms with van der Waals surface area (Å²) in [5.41, 5.74) is 2.88. The van der Waals surface area contributed by atoms with Crippen LogP contribution in [-0.4, -0.2) is 15.9 Å². The number of aryl methyl sites for hydroxylation is 1. The lowest BCUT2D eigenvalue weighted by Gasteiger charge is -2.08. The summed E-state index contributed by atoms with van der Waals surface area (Å²) in [5.74, 6) is -0.284. The number of nitrogens with one attached hydrogen (secondary N) is 2. The van der Waals surface area contributed by atoms with Crippen LogP contribution in [0.1, 0.15) is 21.6 Å². The Kier molecular flexibility index (Phi) is 4.99. The summed E-state index contributed by atoms with van der Waals surface area (Å²) in [5, 5.41) is 5.75. The molecule has 3 rings (SSSR count). The van der Waals surface area contributed by atoms with Gasteiger partial charge in [-0.2, -0.15) is 0 Å². The van der Waals surface area contributed by atoms with E-state index in [1.54, 1.807) is 6.07 Å². The lowest BCUT2D eigenvalue weighted by atomic mass is 10.1. The number of rotatable bonds is 5. The quantitative estimate of drug-likeness (QED) is 0.744. The molecule has 0 fully saturated rings. The topological polar surface area (TPSA) is 66.9 Å². The summed E-state index contributed by atoms with van der Waals surface area (Å²) in [6, 6.07) is 13.7. The van der Waals surface area contributed by atoms with Gasteiger partial charge in [0.2, 0.25) is 0 Å². The van der Waals surface area contributed by atoms with E-state index in [9.17, 15) is 9.18 Å². The van der Waals surface area contributed by atoms with E-state index in [1.165, 1.54) is 36.2 Å². The second kappa shape index (κ2) is 7.53. The van der Waals surface area contributed by atoms with Crippen molar-refractivity contribution in [3.63, 3.8) is 0 Å². The van der Waals surface area contributed by atoms with Crippen LogP contribution in [0.5, 0.6) is 0 Å². The third-order valence-corrected chi connectivity index (χ3v) is 3.69. The molecule has 6 heteroatoms. The predicted octanol–water partition coefficient (Wildman–Crippen LogP) is 3.79. The van der Waals surface area contributed by atoms with E-state index in [1.807, 2.05) is 31.2 Å². The molecule has 0 spiro atoms. The maximum Gasteiger partial charge on any atom is 0.275 e. The van der Waals surface area contributed by atoms with E-state index in [0.29, 0.717) is 18.1 Å². The molecule has 0 aliphatic carbocycles. The van der Waals surface area contributed by atoms with Gasteiger partial charge in [-0.3, -0.25) is 4.79 Å². The summed E-state index contributed by atoms with van der Waals surface area (Å²) < 4.78 is 13.1. The Morgan fingerprint density at radius 3 is 2.64 bits per heavy atom. The lowest BCUT2D eigenvalue weighted by molar-refractivity contribution is 0.102. The molecule has 2 N–H and O–H groups in total. The Labute approximate surface area is 145 Å². The van der Waals surface area contributed by atoms with Gasteiger partial charge < -0.3 is 10.6 Å². The summed E-state index contributed by atoms with van der Waals surface area (Å²) in [6.45, 7) is 2.67. The number of carbonyl (C=O) groups is 1. The van der Waals surface area contributed by atoms with Crippen LogP contribution < -0.4 is 10.6 Å². The van der Waals surface area contributed by atoms with Gasteiger partial charge in [0.25, 0.3) is 5.91 Å². The van der Waals surface area contributed by atoms with E-state index in [-0.39, 0.29) is 5.69 Å². The van der Waals surface area contributed by atoms with Crippen LogP contribution in [0.15, 0.2) is 60.9 Å². The van der Waals surface area contributed by atoms with Gasteiger partial charge in [-0.15, -0.1) is 0 Å². The molecule has 1 heterocycles. The molecule has 25 heavy (non-hydrogen) atoms. The molecule has 3 aromatic rings. The Morgan fingerprint density at radius 1 is 1.08 bits per heavy atom. The van der Waals surface area contributed by atoms with Gasteiger partial charge in [-0.05, 0) is 36.2 Å². The number of aromatic nitrogens is 2. The molecule has 0 bridgehead atoms. The van der Waals surface area contributed by atoms with E-state index in [4.69, 9.17) is 0 Å². The molecule has 0 saturated carbocycles. The Morgan fingerprint density at radius 2 is 1.92 bits per heavy atom. The fraction of sp³-hybridized carbons (Fsp3) is 0.105. The molecule has 1 aromatic heterocycles. The highest BCUT2D eigenvalue weighted by Gasteiger charge is 2.09. The average molecular weight is 336 g/mol. The van der Waals surface area contributed by atoms with Crippen molar-refractivity contribution >= 4 is 17.4 Å². The van der Waals surface area contributed by atoms with Crippen LogP contribution in [0, 0.1) is 12.7 Å². The molecule has 5 nitrogen and oxygen atoms in total. The van der Waals surface area contributed by atoms with Crippen molar-refractivity contribution in [3.8, 4) is 0 Å². The minimum atomic E-state index is -0.441. The van der Waals surface area contributed by atoms with Crippen LogP contribution in [-0.2, 0) is 6.54 Å². The Bertz CT molecular complexity index is 881. The number of hydrogen-bond donors (Lipinski definition) is 2. The fourth-order valence-electron chi connectivity index (χ4n) is 2.29. The first-order valence-corrected chi connectivity index (χ1v) is 7.79. The van der Waals surface area contributed by atoms with Crippen LogP contribution >= 0.6 is 0 Å². The van der Waals surface area contributed by atoms with Crippen molar-refractivity contribution in [2.75, 3.05) is 10.6 Å². The number of halogens is 1. The zero-order valence-corrected chi connectivity index (χ0v) is 13.7. The number of benzene rings is 2. The average Bonchev–Trinajstić information content (AvgIpc) is 2.61. The summed E-state index contributed by atoms with van der Waals surface area (Å²) in [6.07, 6.45) is 2.88. The minimum absolute atomic E-state index is 0.158. The minimum Gasteiger partial charge on any atom is -0.365 e. The molecule has 1 amide bonds. The number of anilines is 2. The molecule has 0 aliphatic rings. The first kappa shape index (κ1) is 16.6. The van der Waals surface area contributed by atoms with Gasteiger partial charge in [-0.25, -0.2) is 14.4 Å². The van der Waals surface area contributed by atoms with Gasteiger partial charge in [0.1, 0.15) is 17.3 Å². The van der Waals surface area contributed by atoms with Crippen molar-refractivity contribution < 1.29 is 9.18 Å². The molecule has 126 valence electrons.